The molecule has 1 aromatic rings. The van der Waals surface area contributed by atoms with E-state index in [9.17, 15) is 37.7 Å². The molecule has 0 saturated carbocycles. The molecule has 0 fully saturated rings. The monoisotopic (exact) mass is 377 g/mol. The van der Waals surface area contributed by atoms with Crippen LogP contribution in [-0.4, -0.2) is 48.6 Å². The zero-order chi connectivity index (χ0) is 19.7. The number of non-ortho nitro benzene ring substituents is 1. The summed E-state index contributed by atoms with van der Waals surface area (Å²) in [6.45, 7) is -2.56. The van der Waals surface area contributed by atoms with Crippen molar-refractivity contribution >= 4 is 23.5 Å². The summed E-state index contributed by atoms with van der Waals surface area (Å²) in [6, 6.07) is 4.75. The van der Waals surface area contributed by atoms with Crippen molar-refractivity contribution in [2.24, 2.45) is 0 Å². The lowest BCUT2D eigenvalue weighted by atomic mass is 10.2. The summed E-state index contributed by atoms with van der Waals surface area (Å²) in [6.07, 6.45) is -4.88. The molecule has 0 unspecified atom stereocenters. The molecule has 0 saturated heterocycles. The Kier molecular flexibility index (Phi) is 7.50. The zero-order valence-electron chi connectivity index (χ0n) is 13.2. The molecule has 0 aliphatic rings. The number of hydrogen-bond donors (Lipinski definition) is 2. The number of halogens is 3. The second kappa shape index (κ2) is 9.34. The summed E-state index contributed by atoms with van der Waals surface area (Å²) in [7, 11) is 0. The summed E-state index contributed by atoms with van der Waals surface area (Å²) in [5, 5.41) is 14.4. The maximum absolute atomic E-state index is 11.9. The number of rotatable bonds is 8. The van der Waals surface area contributed by atoms with Gasteiger partial charge in [-0.2, -0.15) is 13.2 Å². The molecule has 26 heavy (non-hydrogen) atoms. The normalized spacial score (nSPS) is 10.7. The van der Waals surface area contributed by atoms with E-state index in [1.807, 2.05) is 0 Å². The molecule has 1 rings (SSSR count). The number of carbonyl (C=O) groups excluding carboxylic acids is 3. The number of alkyl halides is 3. The molecule has 2 amide bonds. The number of benzene rings is 1. The first-order valence-electron chi connectivity index (χ1n) is 7.10. The van der Waals surface area contributed by atoms with Gasteiger partial charge >= 0.3 is 12.1 Å². The Morgan fingerprint density at radius 2 is 1.73 bits per heavy atom. The third-order valence-electron chi connectivity index (χ3n) is 2.81. The summed E-state index contributed by atoms with van der Waals surface area (Å²) in [5.41, 5.74) is -0.0515. The highest BCUT2D eigenvalue weighted by Gasteiger charge is 2.27. The zero-order valence-corrected chi connectivity index (χ0v) is 13.2. The van der Waals surface area contributed by atoms with Crippen LogP contribution in [0.3, 0.4) is 0 Å². The highest BCUT2D eigenvalue weighted by atomic mass is 19.4. The molecular weight excluding hydrogens is 363 g/mol. The fraction of sp³-hybridized carbons (Fsp3) is 0.357. The van der Waals surface area contributed by atoms with Crippen LogP contribution in [0.5, 0.6) is 0 Å². The fourth-order valence-electron chi connectivity index (χ4n) is 1.58. The Hall–Kier alpha value is -3.18. The van der Waals surface area contributed by atoms with Gasteiger partial charge in [0, 0.05) is 24.2 Å². The summed E-state index contributed by atoms with van der Waals surface area (Å²) < 4.78 is 40.0. The standard InChI is InChI=1S/C14H14F3N3O6/c15-14(16,17)8-19-11(21)7-26-12(22)5-6-18-13(23)9-1-3-10(4-2-9)20(24)25/h1-4H,5-8H2,(H,18,23)(H,19,21). The minimum atomic E-state index is -4.57. The van der Waals surface area contributed by atoms with E-state index >= 15 is 0 Å². The van der Waals surface area contributed by atoms with Gasteiger partial charge in [-0.15, -0.1) is 0 Å². The van der Waals surface area contributed by atoms with Gasteiger partial charge < -0.3 is 15.4 Å². The Morgan fingerprint density at radius 3 is 2.27 bits per heavy atom. The quantitative estimate of drug-likeness (QED) is 0.394. The fourth-order valence-corrected chi connectivity index (χ4v) is 1.58. The van der Waals surface area contributed by atoms with Crippen LogP contribution in [0.1, 0.15) is 16.8 Å². The molecule has 0 aliphatic carbocycles. The largest absolute Gasteiger partial charge is 0.456 e. The number of hydrogen-bond acceptors (Lipinski definition) is 6. The van der Waals surface area contributed by atoms with Gasteiger partial charge in [0.25, 0.3) is 17.5 Å². The molecule has 0 spiro atoms. The van der Waals surface area contributed by atoms with Crippen LogP contribution in [0.2, 0.25) is 0 Å². The van der Waals surface area contributed by atoms with Crippen molar-refractivity contribution in [2.75, 3.05) is 19.7 Å². The van der Waals surface area contributed by atoms with E-state index in [0.717, 1.165) is 12.1 Å². The summed E-state index contributed by atoms with van der Waals surface area (Å²) in [4.78, 5) is 44.0. The van der Waals surface area contributed by atoms with Crippen molar-refractivity contribution in [3.8, 4) is 0 Å². The van der Waals surface area contributed by atoms with Gasteiger partial charge in [0.2, 0.25) is 0 Å². The van der Waals surface area contributed by atoms with E-state index in [-0.39, 0.29) is 24.2 Å². The Bertz CT molecular complexity index is 675. The first-order chi connectivity index (χ1) is 12.1. The van der Waals surface area contributed by atoms with E-state index in [1.54, 1.807) is 0 Å². The maximum Gasteiger partial charge on any atom is 0.405 e. The van der Waals surface area contributed by atoms with Gasteiger partial charge in [-0.3, -0.25) is 24.5 Å². The molecule has 0 aromatic heterocycles. The summed E-state index contributed by atoms with van der Waals surface area (Å²) >= 11 is 0. The Balaban J connectivity index is 2.27. The maximum atomic E-state index is 11.9. The van der Waals surface area contributed by atoms with E-state index in [1.165, 1.54) is 17.4 Å². The smallest absolute Gasteiger partial charge is 0.405 e. The van der Waals surface area contributed by atoms with Gasteiger partial charge in [-0.25, -0.2) is 0 Å². The molecule has 0 radical (unpaired) electrons. The molecule has 142 valence electrons. The third-order valence-corrected chi connectivity index (χ3v) is 2.81. The first kappa shape index (κ1) is 20.9. The number of amides is 2. The average Bonchev–Trinajstić information content (AvgIpc) is 2.57. The molecule has 12 heteroatoms. The predicted molar refractivity (Wildman–Crippen MR) is 80.1 cm³/mol. The minimum Gasteiger partial charge on any atom is -0.456 e. The highest BCUT2D eigenvalue weighted by molar-refractivity contribution is 5.94. The number of esters is 1. The molecule has 0 heterocycles. The van der Waals surface area contributed by atoms with Crippen molar-refractivity contribution < 1.29 is 37.2 Å². The SMILES string of the molecule is O=C(COC(=O)CCNC(=O)c1ccc([N+](=O)[O-])cc1)NCC(F)(F)F. The topological polar surface area (TPSA) is 128 Å². The first-order valence-corrected chi connectivity index (χ1v) is 7.10. The number of ether oxygens (including phenoxy) is 1. The van der Waals surface area contributed by atoms with Crippen LogP contribution in [0.25, 0.3) is 0 Å². The number of nitro groups is 1. The van der Waals surface area contributed by atoms with Gasteiger partial charge in [-0.05, 0) is 12.1 Å². The van der Waals surface area contributed by atoms with Crippen molar-refractivity contribution in [2.45, 2.75) is 12.6 Å². The van der Waals surface area contributed by atoms with Crippen molar-refractivity contribution in [3.63, 3.8) is 0 Å². The van der Waals surface area contributed by atoms with Gasteiger partial charge in [0.1, 0.15) is 6.54 Å². The highest BCUT2D eigenvalue weighted by Crippen LogP contribution is 2.12. The van der Waals surface area contributed by atoms with Crippen LogP contribution in [0.4, 0.5) is 18.9 Å². The van der Waals surface area contributed by atoms with Crippen molar-refractivity contribution in [1.29, 1.82) is 0 Å². The van der Waals surface area contributed by atoms with Crippen LogP contribution in [0.15, 0.2) is 24.3 Å². The molecule has 0 atom stereocenters. The second-order valence-corrected chi connectivity index (χ2v) is 4.86. The van der Waals surface area contributed by atoms with E-state index in [4.69, 9.17) is 0 Å². The molecule has 2 N–H and O–H groups in total. The number of nitrogens with one attached hydrogen (secondary N) is 2. The number of nitro benzene ring substituents is 1. The van der Waals surface area contributed by atoms with Crippen LogP contribution < -0.4 is 10.6 Å². The molecular formula is C14H14F3N3O6. The van der Waals surface area contributed by atoms with Crippen LogP contribution >= 0.6 is 0 Å². The number of nitrogens with zero attached hydrogens (tertiary/aromatic N) is 1. The van der Waals surface area contributed by atoms with Crippen molar-refractivity contribution in [3.05, 3.63) is 39.9 Å². The average molecular weight is 377 g/mol. The lowest BCUT2D eigenvalue weighted by Crippen LogP contribution is -2.36. The molecule has 9 nitrogen and oxygen atoms in total. The third kappa shape index (κ3) is 8.08. The van der Waals surface area contributed by atoms with Crippen molar-refractivity contribution in [1.82, 2.24) is 10.6 Å². The number of carbonyl (C=O) groups is 3. The van der Waals surface area contributed by atoms with Gasteiger partial charge in [0.15, 0.2) is 6.61 Å². The lowest BCUT2D eigenvalue weighted by molar-refractivity contribution is -0.384. The second-order valence-electron chi connectivity index (χ2n) is 4.86. The van der Waals surface area contributed by atoms with Crippen LogP contribution in [0, 0.1) is 10.1 Å². The Labute approximate surface area is 144 Å². The van der Waals surface area contributed by atoms with Gasteiger partial charge in [0.05, 0.1) is 11.3 Å². The van der Waals surface area contributed by atoms with Crippen LogP contribution in [-0.2, 0) is 14.3 Å². The molecule has 0 bridgehead atoms. The molecule has 1 aromatic carbocycles. The predicted octanol–water partition coefficient (Wildman–Crippen LogP) is 0.936. The minimum absolute atomic E-state index is 0.135. The van der Waals surface area contributed by atoms with E-state index < -0.39 is 42.0 Å². The van der Waals surface area contributed by atoms with Gasteiger partial charge in [-0.1, -0.05) is 0 Å². The Morgan fingerprint density at radius 1 is 1.12 bits per heavy atom. The van der Waals surface area contributed by atoms with E-state index in [0.29, 0.717) is 0 Å². The summed E-state index contributed by atoms with van der Waals surface area (Å²) in [5.74, 6) is -2.59. The van der Waals surface area contributed by atoms with E-state index in [2.05, 4.69) is 10.1 Å². The molecule has 0 aliphatic heterocycles. The lowest BCUT2D eigenvalue weighted by Gasteiger charge is -2.09.